The summed E-state index contributed by atoms with van der Waals surface area (Å²) in [4.78, 5) is 4.79. The molecule has 0 saturated carbocycles. The van der Waals surface area contributed by atoms with Gasteiger partial charge >= 0.3 is 0 Å². The van der Waals surface area contributed by atoms with Crippen molar-refractivity contribution < 1.29 is 24.8 Å². The summed E-state index contributed by atoms with van der Waals surface area (Å²) in [6, 6.07) is 5.21. The van der Waals surface area contributed by atoms with Crippen LogP contribution in [0.1, 0.15) is 20.8 Å². The van der Waals surface area contributed by atoms with Gasteiger partial charge in [-0.1, -0.05) is 51.5 Å². The third-order valence-corrected chi connectivity index (χ3v) is 7.14. The number of rotatable bonds is 12. The molecule has 13 heteroatoms. The summed E-state index contributed by atoms with van der Waals surface area (Å²) in [6.45, 7) is 5.24. The lowest BCUT2D eigenvalue weighted by Crippen LogP contribution is -2.41. The Hall–Kier alpha value is -1.44. The predicted octanol–water partition coefficient (Wildman–Crippen LogP) is 4.08. The maximum Gasteiger partial charge on any atom is 0.271 e. The van der Waals surface area contributed by atoms with E-state index >= 15 is 0 Å². The number of halogens is 2. The minimum absolute atomic E-state index is 0.0507. The first kappa shape index (κ1) is 27.2. The fourth-order valence-corrected chi connectivity index (χ4v) is 4.98. The van der Waals surface area contributed by atoms with Gasteiger partial charge in [0.25, 0.3) is 5.19 Å². The van der Waals surface area contributed by atoms with Crippen LogP contribution in [0.25, 0.3) is 11.4 Å². The van der Waals surface area contributed by atoms with Crippen molar-refractivity contribution in [3.05, 3.63) is 39.8 Å². The molecule has 34 heavy (non-hydrogen) atoms. The van der Waals surface area contributed by atoms with Gasteiger partial charge in [-0.25, -0.2) is 9.67 Å². The fraction of sp³-hybridized carbons (Fsp3) is 0.476. The molecule has 2 unspecified atom stereocenters. The lowest BCUT2D eigenvalue weighted by Gasteiger charge is -2.32. The number of aromatic nitrogens is 4. The Morgan fingerprint density at radius 2 is 1.88 bits per heavy atom. The normalized spacial score (nSPS) is 15.4. The molecule has 0 saturated heterocycles. The number of thioether (sulfide) groups is 1. The number of hydrogen-bond acceptors (Lipinski definition) is 10. The summed E-state index contributed by atoms with van der Waals surface area (Å²) < 4.78 is 13.9. The molecule has 186 valence electrons. The molecule has 3 aromatic rings. The molecule has 9 nitrogen and oxygen atoms in total. The van der Waals surface area contributed by atoms with Crippen LogP contribution in [-0.2, 0) is 16.0 Å². The first-order valence-electron chi connectivity index (χ1n) is 10.4. The Balaban J connectivity index is 1.88. The number of aliphatic hydroxyl groups is 2. The minimum Gasteiger partial charge on any atom is -0.486 e. The summed E-state index contributed by atoms with van der Waals surface area (Å²) in [6.07, 6.45) is -0.738. The van der Waals surface area contributed by atoms with E-state index < -0.39 is 23.7 Å². The number of benzene rings is 1. The zero-order valence-corrected chi connectivity index (χ0v) is 21.9. The number of ether oxygens (including phenoxy) is 2. The summed E-state index contributed by atoms with van der Waals surface area (Å²) in [5.74, 6) is 0. The summed E-state index contributed by atoms with van der Waals surface area (Å²) in [5, 5.41) is 40.1. The molecule has 0 aliphatic heterocycles. The van der Waals surface area contributed by atoms with Crippen LogP contribution in [0.15, 0.2) is 34.7 Å². The Labute approximate surface area is 215 Å². The van der Waals surface area contributed by atoms with E-state index in [-0.39, 0.29) is 24.4 Å². The average molecular weight is 550 g/mol. The monoisotopic (exact) mass is 548 g/mol. The van der Waals surface area contributed by atoms with Crippen LogP contribution in [0.5, 0.6) is 5.19 Å². The van der Waals surface area contributed by atoms with Crippen LogP contribution in [0.2, 0.25) is 10.0 Å². The second kappa shape index (κ2) is 12.5. The van der Waals surface area contributed by atoms with Crippen molar-refractivity contribution in [1.82, 2.24) is 20.0 Å². The van der Waals surface area contributed by atoms with Crippen molar-refractivity contribution in [2.24, 2.45) is 0 Å². The van der Waals surface area contributed by atoms with E-state index in [1.807, 2.05) is 13.8 Å². The molecular weight excluding hydrogens is 523 g/mol. The molecule has 0 radical (unpaired) electrons. The van der Waals surface area contributed by atoms with E-state index in [1.165, 1.54) is 11.8 Å². The Bertz CT molecular complexity index is 1070. The summed E-state index contributed by atoms with van der Waals surface area (Å²) in [7, 11) is 0. The van der Waals surface area contributed by atoms with Crippen molar-refractivity contribution >= 4 is 46.3 Å². The fourth-order valence-electron chi connectivity index (χ4n) is 2.97. The van der Waals surface area contributed by atoms with Crippen molar-refractivity contribution in [3.63, 3.8) is 0 Å². The zero-order chi connectivity index (χ0) is 24.8. The van der Waals surface area contributed by atoms with E-state index in [2.05, 4.69) is 15.3 Å². The molecule has 3 N–H and O–H groups in total. The molecular formula is C21H26Cl2N4O5S2. The van der Waals surface area contributed by atoms with Gasteiger partial charge in [0.05, 0.1) is 41.6 Å². The van der Waals surface area contributed by atoms with Gasteiger partial charge < -0.3 is 24.8 Å². The quantitative estimate of drug-likeness (QED) is 0.227. The lowest BCUT2D eigenvalue weighted by molar-refractivity contribution is -0.122. The van der Waals surface area contributed by atoms with Gasteiger partial charge in [-0.05, 0) is 39.0 Å². The standard InChI is InChI=1S/C21H26Cl2N4O5S2/c1-11(2)31-18(8-27-7-16(25-26-27)17-10-33-21(30)24-17)20(32-19(9-28)12(3)29)34-13-4-5-14(22)15(23)6-13/h4-7,10-12,18-20,28-29H,8-9H2,1-3H3,(H,24,30)/t12-,18+,19?,20?/m1/s1. The highest BCUT2D eigenvalue weighted by Crippen LogP contribution is 2.34. The van der Waals surface area contributed by atoms with Crippen molar-refractivity contribution in [3.8, 4) is 16.6 Å². The second-order valence-electron chi connectivity index (χ2n) is 7.72. The Morgan fingerprint density at radius 1 is 1.12 bits per heavy atom. The maximum absolute atomic E-state index is 10.1. The predicted molar refractivity (Wildman–Crippen MR) is 133 cm³/mol. The highest BCUT2D eigenvalue weighted by atomic mass is 35.5. The number of nitrogens with zero attached hydrogens (tertiary/aromatic N) is 4. The third kappa shape index (κ3) is 7.53. The number of aliphatic hydroxyl groups excluding tert-OH is 2. The van der Waals surface area contributed by atoms with Gasteiger partial charge in [0.2, 0.25) is 0 Å². The van der Waals surface area contributed by atoms with Gasteiger partial charge in [0.15, 0.2) is 0 Å². The van der Waals surface area contributed by atoms with Crippen LogP contribution in [-0.4, -0.2) is 71.8 Å². The molecule has 2 heterocycles. The number of hydrogen-bond donors (Lipinski definition) is 3. The van der Waals surface area contributed by atoms with Gasteiger partial charge in [-0.15, -0.1) is 5.10 Å². The van der Waals surface area contributed by atoms with E-state index in [9.17, 15) is 15.3 Å². The molecule has 0 aliphatic rings. The molecule has 0 amide bonds. The van der Waals surface area contributed by atoms with Gasteiger partial charge in [0, 0.05) is 10.3 Å². The van der Waals surface area contributed by atoms with Crippen molar-refractivity contribution in [2.45, 2.75) is 62.1 Å². The zero-order valence-electron chi connectivity index (χ0n) is 18.7. The Kier molecular flexibility index (Phi) is 9.98. The van der Waals surface area contributed by atoms with E-state index in [0.29, 0.717) is 21.4 Å². The first-order valence-corrected chi connectivity index (χ1v) is 12.9. The topological polar surface area (TPSA) is 123 Å². The van der Waals surface area contributed by atoms with E-state index in [1.54, 1.807) is 41.4 Å². The van der Waals surface area contributed by atoms with Crippen molar-refractivity contribution in [1.29, 1.82) is 0 Å². The van der Waals surface area contributed by atoms with E-state index in [0.717, 1.165) is 16.2 Å². The van der Waals surface area contributed by atoms with Gasteiger partial charge in [-0.3, -0.25) is 0 Å². The number of aromatic hydroxyl groups is 1. The van der Waals surface area contributed by atoms with Crippen LogP contribution in [0, 0.1) is 0 Å². The first-order chi connectivity index (χ1) is 16.2. The average Bonchev–Trinajstić information content (AvgIpc) is 3.41. The van der Waals surface area contributed by atoms with Gasteiger partial charge in [0.1, 0.15) is 29.0 Å². The third-order valence-electron chi connectivity index (χ3n) is 4.58. The molecule has 1 aromatic carbocycles. The summed E-state index contributed by atoms with van der Waals surface area (Å²) >= 11 is 14.7. The molecule has 2 aromatic heterocycles. The van der Waals surface area contributed by atoms with Crippen LogP contribution < -0.4 is 0 Å². The highest BCUT2D eigenvalue weighted by Gasteiger charge is 2.31. The Morgan fingerprint density at radius 3 is 2.47 bits per heavy atom. The number of thiazole rings is 1. The van der Waals surface area contributed by atoms with Crippen LogP contribution in [0.3, 0.4) is 0 Å². The SMILES string of the molecule is CC(C)O[C@@H](Cn1cc(-c2csc(O)n2)nn1)C(OC(CO)[C@@H](C)O)Sc1ccc(Cl)c(Cl)c1. The smallest absolute Gasteiger partial charge is 0.271 e. The van der Waals surface area contributed by atoms with Crippen LogP contribution >= 0.6 is 46.3 Å². The minimum atomic E-state index is -0.906. The molecule has 0 bridgehead atoms. The molecule has 3 rings (SSSR count). The van der Waals surface area contributed by atoms with Crippen molar-refractivity contribution in [2.75, 3.05) is 6.61 Å². The highest BCUT2D eigenvalue weighted by molar-refractivity contribution is 7.99. The molecule has 4 atom stereocenters. The second-order valence-corrected chi connectivity index (χ2v) is 10.5. The molecule has 0 spiro atoms. The van der Waals surface area contributed by atoms with Crippen LogP contribution in [0.4, 0.5) is 0 Å². The maximum atomic E-state index is 10.1. The molecule has 0 aliphatic carbocycles. The van der Waals surface area contributed by atoms with Gasteiger partial charge in [-0.2, -0.15) is 0 Å². The lowest BCUT2D eigenvalue weighted by atomic mass is 10.2. The summed E-state index contributed by atoms with van der Waals surface area (Å²) in [5.41, 5.74) is 0.372. The largest absolute Gasteiger partial charge is 0.486 e. The molecule has 0 fully saturated rings. The van der Waals surface area contributed by atoms with E-state index in [4.69, 9.17) is 32.7 Å².